The first-order valence-corrected chi connectivity index (χ1v) is 11.4. The minimum atomic E-state index is -0.343. The minimum Gasteiger partial charge on any atom is -0.363 e. The van der Waals surface area contributed by atoms with E-state index in [1.165, 1.54) is 44.6 Å². The topological polar surface area (TPSA) is 84.5 Å². The van der Waals surface area contributed by atoms with Crippen LogP contribution < -0.4 is 16.1 Å². The van der Waals surface area contributed by atoms with Crippen LogP contribution in [0, 0.1) is 5.92 Å². The Hall–Kier alpha value is -1.96. The number of pyridine rings is 1. The van der Waals surface area contributed by atoms with Crippen LogP contribution in [0.4, 0.5) is 5.82 Å². The Balaban J connectivity index is 1.30. The Morgan fingerprint density at radius 1 is 1.20 bits per heavy atom. The fourth-order valence-electron chi connectivity index (χ4n) is 4.93. The summed E-state index contributed by atoms with van der Waals surface area (Å²) in [5.74, 6) is 1.31. The molecule has 3 fully saturated rings. The van der Waals surface area contributed by atoms with Crippen molar-refractivity contribution < 1.29 is 14.4 Å². The number of nitrogens with one attached hydrogen (secondary N) is 3. The summed E-state index contributed by atoms with van der Waals surface area (Å²) in [6.07, 6.45) is 15.2. The van der Waals surface area contributed by atoms with Crippen LogP contribution in [0.5, 0.6) is 0 Å². The monoisotopic (exact) mass is 414 g/mol. The number of hydrogen-bond donors (Lipinski definition) is 3. The second-order valence-corrected chi connectivity index (χ2v) is 8.73. The molecule has 1 saturated carbocycles. The molecular weight excluding hydrogens is 380 g/mol. The van der Waals surface area contributed by atoms with Gasteiger partial charge in [0.05, 0.1) is 5.54 Å². The third-order valence-electron chi connectivity index (χ3n) is 6.57. The van der Waals surface area contributed by atoms with Gasteiger partial charge < -0.3 is 15.4 Å². The minimum absolute atomic E-state index is 0.109. The molecule has 3 heterocycles. The first kappa shape index (κ1) is 21.3. The molecule has 0 aromatic carbocycles. The molecule has 4 rings (SSSR count). The van der Waals surface area contributed by atoms with Crippen molar-refractivity contribution in [3.63, 3.8) is 0 Å². The number of aromatic nitrogens is 1. The quantitative estimate of drug-likeness (QED) is 0.468. The smallest absolute Gasteiger partial charge is 0.267 e. The molecule has 2 atom stereocenters. The van der Waals surface area contributed by atoms with Gasteiger partial charge in [0.15, 0.2) is 6.29 Å². The van der Waals surface area contributed by atoms with E-state index in [-0.39, 0.29) is 17.7 Å². The predicted octanol–water partition coefficient (Wildman–Crippen LogP) is 3.39. The van der Waals surface area contributed by atoms with E-state index in [0.29, 0.717) is 12.5 Å². The molecule has 1 aromatic rings. The number of ether oxygens (including phenoxy) is 1. The van der Waals surface area contributed by atoms with E-state index in [4.69, 9.17) is 9.57 Å². The highest BCUT2D eigenvalue weighted by atomic mass is 16.8. The average molecular weight is 415 g/mol. The van der Waals surface area contributed by atoms with E-state index in [1.807, 2.05) is 12.1 Å². The van der Waals surface area contributed by atoms with Gasteiger partial charge >= 0.3 is 0 Å². The number of rotatable bonds is 7. The number of carbonyl (C=O) groups is 1. The number of hydrogen-bond acceptors (Lipinski definition) is 6. The van der Waals surface area contributed by atoms with Gasteiger partial charge in [0.2, 0.25) is 0 Å². The molecule has 0 spiro atoms. The average Bonchev–Trinajstić information content (AvgIpc) is 3.34. The largest absolute Gasteiger partial charge is 0.363 e. The summed E-state index contributed by atoms with van der Waals surface area (Å²) in [4.78, 5) is 21.9. The lowest BCUT2D eigenvalue weighted by molar-refractivity contribution is -0.198. The van der Waals surface area contributed by atoms with Crippen LogP contribution in [0.3, 0.4) is 0 Å². The Morgan fingerprint density at radius 3 is 2.77 bits per heavy atom. The molecule has 0 bridgehead atoms. The number of piperidine rings is 1. The Labute approximate surface area is 179 Å². The van der Waals surface area contributed by atoms with Crippen LogP contribution >= 0.6 is 0 Å². The van der Waals surface area contributed by atoms with E-state index >= 15 is 0 Å². The molecule has 0 radical (unpaired) electrons. The lowest BCUT2D eigenvalue weighted by Crippen LogP contribution is -2.55. The summed E-state index contributed by atoms with van der Waals surface area (Å²) in [6, 6.07) is 4.00. The Kier molecular flexibility index (Phi) is 7.36. The van der Waals surface area contributed by atoms with Gasteiger partial charge in [-0.1, -0.05) is 12.8 Å². The van der Waals surface area contributed by atoms with Crippen molar-refractivity contribution in [1.29, 1.82) is 0 Å². The summed E-state index contributed by atoms with van der Waals surface area (Å²) in [7, 11) is 0. The summed E-state index contributed by atoms with van der Waals surface area (Å²) >= 11 is 0. The van der Waals surface area contributed by atoms with Crippen molar-refractivity contribution in [3.8, 4) is 0 Å². The van der Waals surface area contributed by atoms with Crippen molar-refractivity contribution in [2.45, 2.75) is 69.6 Å². The summed E-state index contributed by atoms with van der Waals surface area (Å²) in [5, 5.41) is 7.36. The molecule has 1 unspecified atom stereocenters. The van der Waals surface area contributed by atoms with Gasteiger partial charge in [0, 0.05) is 31.8 Å². The molecule has 164 valence electrons. The maximum absolute atomic E-state index is 12.0. The number of amides is 1. The van der Waals surface area contributed by atoms with Gasteiger partial charge in [-0.2, -0.15) is 0 Å². The number of nitrogens with zero attached hydrogens (tertiary/aromatic N) is 1. The highest BCUT2D eigenvalue weighted by Crippen LogP contribution is 2.39. The van der Waals surface area contributed by atoms with Gasteiger partial charge in [-0.05, 0) is 74.8 Å². The van der Waals surface area contributed by atoms with Crippen LogP contribution in [0.15, 0.2) is 24.4 Å². The Bertz CT molecular complexity index is 704. The predicted molar refractivity (Wildman–Crippen MR) is 117 cm³/mol. The van der Waals surface area contributed by atoms with Crippen LogP contribution in [-0.4, -0.2) is 42.4 Å². The van der Waals surface area contributed by atoms with Gasteiger partial charge in [-0.25, -0.2) is 15.3 Å². The fraction of sp³-hybridized carbons (Fsp3) is 0.652. The number of hydroxylamine groups is 1. The zero-order chi connectivity index (χ0) is 20.7. The molecule has 7 heteroatoms. The van der Waals surface area contributed by atoms with E-state index in [2.05, 4.69) is 21.1 Å². The van der Waals surface area contributed by atoms with Gasteiger partial charge in [0.25, 0.3) is 5.91 Å². The van der Waals surface area contributed by atoms with Crippen LogP contribution in [-0.2, 0) is 14.4 Å². The third-order valence-corrected chi connectivity index (χ3v) is 6.57. The molecule has 3 N–H and O–H groups in total. The second kappa shape index (κ2) is 10.4. The van der Waals surface area contributed by atoms with Crippen molar-refractivity contribution in [3.05, 3.63) is 30.0 Å². The zero-order valence-electron chi connectivity index (χ0n) is 17.7. The van der Waals surface area contributed by atoms with Gasteiger partial charge in [-0.15, -0.1) is 0 Å². The van der Waals surface area contributed by atoms with E-state index < -0.39 is 0 Å². The van der Waals surface area contributed by atoms with E-state index in [9.17, 15) is 4.79 Å². The van der Waals surface area contributed by atoms with Crippen LogP contribution in [0.1, 0.15) is 63.4 Å². The van der Waals surface area contributed by atoms with Gasteiger partial charge in [0.1, 0.15) is 5.82 Å². The lowest BCUT2D eigenvalue weighted by Gasteiger charge is -2.43. The SMILES string of the molecule is O=C(/C=C/c1ccc(N[C@@]2(C3CCCC3)CCCNC2)nc1)NOC1CCCCO1. The molecule has 1 aliphatic carbocycles. The first-order valence-electron chi connectivity index (χ1n) is 11.4. The molecule has 2 saturated heterocycles. The van der Waals surface area contributed by atoms with E-state index in [0.717, 1.165) is 43.7 Å². The van der Waals surface area contributed by atoms with Crippen LogP contribution in [0.2, 0.25) is 0 Å². The molecular formula is C23H34N4O3. The maximum Gasteiger partial charge on any atom is 0.267 e. The van der Waals surface area contributed by atoms with E-state index in [1.54, 1.807) is 12.3 Å². The maximum atomic E-state index is 12.0. The van der Waals surface area contributed by atoms with Crippen molar-refractivity contribution in [2.24, 2.45) is 5.92 Å². The highest BCUT2D eigenvalue weighted by Gasteiger charge is 2.41. The standard InChI is InChI=1S/C23H34N4O3/c28-21(27-30-22-8-3-4-15-29-22)12-10-18-9-11-20(25-16-18)26-23(13-5-14-24-17-23)19-6-1-2-7-19/h9-12,16,19,22,24H,1-8,13-15,17H2,(H,25,26)(H,27,28)/b12-10+/t22?,23-/m0/s1. The molecule has 30 heavy (non-hydrogen) atoms. The molecule has 7 nitrogen and oxygen atoms in total. The normalized spacial score (nSPS) is 27.9. The molecule has 3 aliphatic rings. The van der Waals surface area contributed by atoms with Crippen molar-refractivity contribution >= 4 is 17.8 Å². The zero-order valence-corrected chi connectivity index (χ0v) is 17.7. The summed E-state index contributed by atoms with van der Waals surface area (Å²) in [6.45, 7) is 2.79. The summed E-state index contributed by atoms with van der Waals surface area (Å²) in [5.41, 5.74) is 3.42. The van der Waals surface area contributed by atoms with Crippen molar-refractivity contribution in [1.82, 2.24) is 15.8 Å². The Morgan fingerprint density at radius 2 is 2.07 bits per heavy atom. The molecule has 1 amide bonds. The lowest BCUT2D eigenvalue weighted by atomic mass is 9.77. The second-order valence-electron chi connectivity index (χ2n) is 8.73. The van der Waals surface area contributed by atoms with Gasteiger partial charge in [-0.3, -0.25) is 4.79 Å². The van der Waals surface area contributed by atoms with Crippen molar-refractivity contribution in [2.75, 3.05) is 25.0 Å². The first-order chi connectivity index (χ1) is 14.7. The molecule has 1 aromatic heterocycles. The number of carbonyl (C=O) groups excluding carboxylic acids is 1. The third kappa shape index (κ3) is 5.59. The number of anilines is 1. The highest BCUT2D eigenvalue weighted by molar-refractivity contribution is 5.90. The van der Waals surface area contributed by atoms with Crippen LogP contribution in [0.25, 0.3) is 6.08 Å². The fourth-order valence-corrected chi connectivity index (χ4v) is 4.93. The molecule has 2 aliphatic heterocycles. The summed E-state index contributed by atoms with van der Waals surface area (Å²) < 4.78 is 5.43.